The van der Waals surface area contributed by atoms with Gasteiger partial charge in [0.2, 0.25) is 0 Å². The summed E-state index contributed by atoms with van der Waals surface area (Å²) in [5.74, 6) is 0.892. The maximum absolute atomic E-state index is 13.4. The second-order valence-electron chi connectivity index (χ2n) is 11.4. The molecule has 1 aliphatic heterocycles. The quantitative estimate of drug-likeness (QED) is 0.190. The van der Waals surface area contributed by atoms with Crippen molar-refractivity contribution in [2.24, 2.45) is 5.92 Å². The van der Waals surface area contributed by atoms with Gasteiger partial charge in [0, 0.05) is 19.1 Å². The van der Waals surface area contributed by atoms with Crippen molar-refractivity contribution in [3.63, 3.8) is 0 Å². The number of carbonyl (C=O) groups is 1. The molecule has 0 N–H and O–H groups in total. The third-order valence-corrected chi connectivity index (χ3v) is 12.7. The molecule has 1 saturated heterocycles. The highest BCUT2D eigenvalue weighted by molar-refractivity contribution is 6.73. The van der Waals surface area contributed by atoms with E-state index >= 15 is 0 Å². The Labute approximate surface area is 232 Å². The van der Waals surface area contributed by atoms with E-state index < -0.39 is 13.9 Å². The maximum atomic E-state index is 13.4. The lowest BCUT2D eigenvalue weighted by molar-refractivity contribution is 0.0545. The number of hydrogen-bond acceptors (Lipinski definition) is 4. The van der Waals surface area contributed by atoms with E-state index in [0.717, 1.165) is 24.7 Å². The molecule has 1 aliphatic rings. The molecule has 1 amide bonds. The molecule has 0 unspecified atom stereocenters. The van der Waals surface area contributed by atoms with E-state index in [-0.39, 0.29) is 24.1 Å². The Bertz CT molecular complexity index is 1040. The summed E-state index contributed by atoms with van der Waals surface area (Å²) in [6.45, 7) is 18.7. The Morgan fingerprint density at radius 2 is 1.55 bits per heavy atom. The summed E-state index contributed by atoms with van der Waals surface area (Å²) < 4.78 is 12.9. The first kappa shape index (κ1) is 30.0. The van der Waals surface area contributed by atoms with Gasteiger partial charge in [-0.2, -0.15) is 0 Å². The molecule has 0 bridgehead atoms. The van der Waals surface area contributed by atoms with Crippen LogP contribution in [0.1, 0.15) is 72.6 Å². The fourth-order valence-electron chi connectivity index (χ4n) is 5.78. The molecule has 3 rings (SSSR count). The average Bonchev–Trinajstić information content (AvgIpc) is 3.17. The summed E-state index contributed by atoms with van der Waals surface area (Å²) in [7, 11) is -2.06. The van der Waals surface area contributed by atoms with Crippen molar-refractivity contribution < 1.29 is 14.0 Å². The van der Waals surface area contributed by atoms with E-state index in [1.807, 2.05) is 18.7 Å². The Morgan fingerprint density at radius 3 is 2.08 bits per heavy atom. The van der Waals surface area contributed by atoms with E-state index in [0.29, 0.717) is 12.4 Å². The van der Waals surface area contributed by atoms with E-state index in [4.69, 9.17) is 9.16 Å². The van der Waals surface area contributed by atoms with Crippen LogP contribution in [0.3, 0.4) is 0 Å². The lowest BCUT2D eigenvalue weighted by Gasteiger charge is -2.38. The Kier molecular flexibility index (Phi) is 10.2. The first-order valence-electron chi connectivity index (χ1n) is 14.3. The summed E-state index contributed by atoms with van der Waals surface area (Å²) >= 11 is 0. The van der Waals surface area contributed by atoms with Crippen LogP contribution in [0, 0.1) is 5.92 Å². The smallest absolute Gasteiger partial charge is 0.417 e. The molecule has 2 aromatic rings. The molecule has 1 fully saturated rings. The predicted octanol–water partition coefficient (Wildman–Crippen LogP) is 8.37. The van der Waals surface area contributed by atoms with Crippen molar-refractivity contribution in [1.82, 2.24) is 9.80 Å². The van der Waals surface area contributed by atoms with Crippen LogP contribution < -0.4 is 0 Å². The number of amides is 1. The minimum absolute atomic E-state index is 0.104. The summed E-state index contributed by atoms with van der Waals surface area (Å²) in [5, 5.41) is 0. The normalized spacial score (nSPS) is 18.7. The van der Waals surface area contributed by atoms with Crippen LogP contribution in [-0.4, -0.2) is 42.4 Å². The largest absolute Gasteiger partial charge is 0.532 e. The third kappa shape index (κ3) is 6.89. The van der Waals surface area contributed by atoms with Gasteiger partial charge in [0.1, 0.15) is 5.60 Å². The van der Waals surface area contributed by atoms with Crippen molar-refractivity contribution in [2.75, 3.05) is 6.54 Å². The Hall–Kier alpha value is -2.57. The number of nitrogens with zero attached hydrogens (tertiary/aromatic N) is 2. The molecule has 0 aromatic heterocycles. The van der Waals surface area contributed by atoms with Gasteiger partial charge in [0.15, 0.2) is 5.88 Å². The second kappa shape index (κ2) is 13.0. The average molecular weight is 537 g/mol. The molecule has 38 heavy (non-hydrogen) atoms. The van der Waals surface area contributed by atoms with Crippen LogP contribution in [0.5, 0.6) is 0 Å². The molecule has 1 heterocycles. The van der Waals surface area contributed by atoms with Crippen molar-refractivity contribution >= 4 is 14.4 Å². The number of hydrogen-bond donors (Lipinski definition) is 0. The van der Waals surface area contributed by atoms with Gasteiger partial charge in [-0.25, -0.2) is 9.69 Å². The van der Waals surface area contributed by atoms with E-state index in [2.05, 4.69) is 113 Å². The summed E-state index contributed by atoms with van der Waals surface area (Å²) in [6.07, 6.45) is 1.83. The van der Waals surface area contributed by atoms with Crippen molar-refractivity contribution in [3.05, 3.63) is 83.7 Å². The standard InChI is InChI=1S/C32H48N2O3Si/c1-9-38(10-2,11-3)37-29(34-30(25(4)5)32(7,8)36-31(34)35)22-23-33(24-27-18-14-12-15-19-27)26(6)28-20-16-13-17-21-28/h12-22,25-26,30H,9-11,23-24H2,1-8H3/b29-22-/t26-,30-/m0/s1. The van der Waals surface area contributed by atoms with Crippen LogP contribution in [0.25, 0.3) is 0 Å². The van der Waals surface area contributed by atoms with Crippen molar-refractivity contribution in [2.45, 2.75) is 97.8 Å². The maximum Gasteiger partial charge on any atom is 0.417 e. The third-order valence-electron chi connectivity index (χ3n) is 8.22. The number of ether oxygens (including phenoxy) is 1. The molecule has 6 heteroatoms. The summed E-state index contributed by atoms with van der Waals surface area (Å²) in [5.41, 5.74) is 1.93. The van der Waals surface area contributed by atoms with Crippen LogP contribution in [-0.2, 0) is 15.7 Å². The van der Waals surface area contributed by atoms with Gasteiger partial charge in [-0.05, 0) is 62.0 Å². The molecule has 2 atom stereocenters. The Balaban J connectivity index is 2.04. The molecular weight excluding hydrogens is 488 g/mol. The highest BCUT2D eigenvalue weighted by Crippen LogP contribution is 2.39. The van der Waals surface area contributed by atoms with Crippen LogP contribution in [0.4, 0.5) is 4.79 Å². The monoisotopic (exact) mass is 536 g/mol. The molecule has 5 nitrogen and oxygen atoms in total. The summed E-state index contributed by atoms with van der Waals surface area (Å²) in [6, 6.07) is 24.3. The zero-order valence-electron chi connectivity index (χ0n) is 24.7. The highest BCUT2D eigenvalue weighted by Gasteiger charge is 2.52. The van der Waals surface area contributed by atoms with Crippen molar-refractivity contribution in [3.8, 4) is 0 Å². The van der Waals surface area contributed by atoms with Crippen LogP contribution in [0.2, 0.25) is 18.1 Å². The zero-order valence-corrected chi connectivity index (χ0v) is 25.7. The first-order valence-corrected chi connectivity index (χ1v) is 16.8. The fourth-order valence-corrected chi connectivity index (χ4v) is 8.34. The second-order valence-corrected chi connectivity index (χ2v) is 16.1. The molecule has 0 aliphatic carbocycles. The van der Waals surface area contributed by atoms with Crippen LogP contribution >= 0.6 is 0 Å². The SMILES string of the molecule is CC[Si](CC)(CC)O/C(=C\CN(Cc1ccccc1)[C@@H](C)c1ccccc1)N1C(=O)OC(C)(C)[C@@H]1C(C)C. The van der Waals surface area contributed by atoms with E-state index in [9.17, 15) is 4.79 Å². The molecule has 0 radical (unpaired) electrons. The topological polar surface area (TPSA) is 42.0 Å². The van der Waals surface area contributed by atoms with Gasteiger partial charge in [0.25, 0.3) is 8.32 Å². The minimum atomic E-state index is -2.06. The molecule has 0 saturated carbocycles. The zero-order chi connectivity index (χ0) is 27.9. The first-order chi connectivity index (χ1) is 18.1. The Morgan fingerprint density at radius 1 is 1.00 bits per heavy atom. The van der Waals surface area contributed by atoms with Gasteiger partial charge < -0.3 is 9.16 Å². The lowest BCUT2D eigenvalue weighted by Crippen LogP contribution is -2.48. The lowest BCUT2D eigenvalue weighted by atomic mass is 9.89. The number of cyclic esters (lactones) is 1. The molecular formula is C32H48N2O3Si. The van der Waals surface area contributed by atoms with Gasteiger partial charge in [-0.15, -0.1) is 0 Å². The predicted molar refractivity (Wildman–Crippen MR) is 159 cm³/mol. The highest BCUT2D eigenvalue weighted by atomic mass is 28.4. The van der Waals surface area contributed by atoms with E-state index in [1.165, 1.54) is 11.1 Å². The fraction of sp³-hybridized carbons (Fsp3) is 0.531. The van der Waals surface area contributed by atoms with Gasteiger partial charge in [-0.1, -0.05) is 95.3 Å². The number of carbonyl (C=O) groups excluding carboxylic acids is 1. The van der Waals surface area contributed by atoms with Crippen molar-refractivity contribution in [1.29, 1.82) is 0 Å². The van der Waals surface area contributed by atoms with Gasteiger partial charge in [-0.3, -0.25) is 4.90 Å². The minimum Gasteiger partial charge on any atom is -0.532 e. The molecule has 2 aromatic carbocycles. The van der Waals surface area contributed by atoms with Gasteiger partial charge in [0.05, 0.1) is 6.04 Å². The number of benzene rings is 2. The van der Waals surface area contributed by atoms with E-state index in [1.54, 1.807) is 0 Å². The number of rotatable bonds is 13. The van der Waals surface area contributed by atoms with Gasteiger partial charge >= 0.3 is 6.09 Å². The molecule has 208 valence electrons. The molecule has 0 spiro atoms. The summed E-state index contributed by atoms with van der Waals surface area (Å²) in [4.78, 5) is 17.6. The van der Waals surface area contributed by atoms with Crippen LogP contribution in [0.15, 0.2) is 72.6 Å².